The third kappa shape index (κ3) is 3.07. The Bertz CT molecular complexity index is 509. The molecule has 1 N–H and O–H groups in total. The highest BCUT2D eigenvalue weighted by molar-refractivity contribution is 5.62. The van der Waals surface area contributed by atoms with Crippen LogP contribution in [0.5, 0.6) is 0 Å². The molecule has 3 unspecified atom stereocenters. The number of benzene rings is 1. The standard InChI is InChI=1S/C14H20FN3O2/c1-9-8-17(3)10(2)6-12(9)16-13-7-11(15)4-5-14(13)18(19)20/h4-5,7,9-10,12,16H,6,8H2,1-3H3. The predicted molar refractivity (Wildman–Crippen MR) is 76.3 cm³/mol. The maximum atomic E-state index is 13.3. The Morgan fingerprint density at radius 2 is 2.15 bits per heavy atom. The summed E-state index contributed by atoms with van der Waals surface area (Å²) in [5.41, 5.74) is 0.189. The van der Waals surface area contributed by atoms with E-state index in [1.807, 2.05) is 0 Å². The number of nitro benzene ring substituents is 1. The van der Waals surface area contributed by atoms with Gasteiger partial charge in [-0.2, -0.15) is 0 Å². The van der Waals surface area contributed by atoms with E-state index >= 15 is 0 Å². The molecule has 1 fully saturated rings. The molecule has 1 aliphatic rings. The molecule has 1 heterocycles. The number of rotatable bonds is 3. The van der Waals surface area contributed by atoms with Crippen LogP contribution in [0.15, 0.2) is 18.2 Å². The summed E-state index contributed by atoms with van der Waals surface area (Å²) < 4.78 is 13.3. The van der Waals surface area contributed by atoms with Gasteiger partial charge in [-0.3, -0.25) is 10.1 Å². The van der Waals surface area contributed by atoms with E-state index in [2.05, 4.69) is 31.1 Å². The zero-order valence-electron chi connectivity index (χ0n) is 12.0. The average Bonchev–Trinajstić information content (AvgIpc) is 2.35. The van der Waals surface area contributed by atoms with Gasteiger partial charge in [-0.15, -0.1) is 0 Å². The van der Waals surface area contributed by atoms with Crippen molar-refractivity contribution >= 4 is 11.4 Å². The Kier molecular flexibility index (Phi) is 4.23. The van der Waals surface area contributed by atoms with Crippen molar-refractivity contribution in [3.8, 4) is 0 Å². The monoisotopic (exact) mass is 281 g/mol. The van der Waals surface area contributed by atoms with Crippen molar-refractivity contribution in [2.24, 2.45) is 5.92 Å². The van der Waals surface area contributed by atoms with Gasteiger partial charge in [0.25, 0.3) is 5.69 Å². The largest absolute Gasteiger partial charge is 0.376 e. The van der Waals surface area contributed by atoms with E-state index in [-0.39, 0.29) is 17.4 Å². The number of nitro groups is 1. The fraction of sp³-hybridized carbons (Fsp3) is 0.571. The van der Waals surface area contributed by atoms with Crippen LogP contribution < -0.4 is 5.32 Å². The predicted octanol–water partition coefficient (Wildman–Crippen LogP) is 2.87. The molecule has 1 saturated heterocycles. The van der Waals surface area contributed by atoms with Crippen LogP contribution >= 0.6 is 0 Å². The van der Waals surface area contributed by atoms with Crippen LogP contribution in [0.3, 0.4) is 0 Å². The van der Waals surface area contributed by atoms with E-state index in [1.54, 1.807) is 0 Å². The molecule has 1 aliphatic heterocycles. The van der Waals surface area contributed by atoms with E-state index in [4.69, 9.17) is 0 Å². The second kappa shape index (κ2) is 5.75. The fourth-order valence-electron chi connectivity index (χ4n) is 2.73. The van der Waals surface area contributed by atoms with Crippen molar-refractivity contribution in [1.82, 2.24) is 4.90 Å². The lowest BCUT2D eigenvalue weighted by atomic mass is 9.89. The summed E-state index contributed by atoms with van der Waals surface area (Å²) in [7, 11) is 2.07. The third-order valence-corrected chi connectivity index (χ3v) is 4.11. The number of halogens is 1. The molecule has 0 spiro atoms. The van der Waals surface area contributed by atoms with Gasteiger partial charge in [0.05, 0.1) is 4.92 Å². The average molecular weight is 281 g/mol. The Labute approximate surface area is 117 Å². The first-order chi connectivity index (χ1) is 9.38. The zero-order valence-corrected chi connectivity index (χ0v) is 12.0. The third-order valence-electron chi connectivity index (χ3n) is 4.11. The Morgan fingerprint density at radius 3 is 2.80 bits per heavy atom. The van der Waals surface area contributed by atoms with Gasteiger partial charge in [0.1, 0.15) is 11.5 Å². The zero-order chi connectivity index (χ0) is 14.9. The molecule has 110 valence electrons. The minimum atomic E-state index is -0.481. The maximum Gasteiger partial charge on any atom is 0.292 e. The minimum Gasteiger partial charge on any atom is -0.376 e. The van der Waals surface area contributed by atoms with Crippen LogP contribution in [-0.2, 0) is 0 Å². The summed E-state index contributed by atoms with van der Waals surface area (Å²) in [5.74, 6) is -0.120. The van der Waals surface area contributed by atoms with Gasteiger partial charge in [0, 0.05) is 30.8 Å². The molecule has 0 aliphatic carbocycles. The highest BCUT2D eigenvalue weighted by atomic mass is 19.1. The van der Waals surface area contributed by atoms with E-state index < -0.39 is 10.7 Å². The van der Waals surface area contributed by atoms with Crippen molar-refractivity contribution in [3.05, 3.63) is 34.1 Å². The normalized spacial score (nSPS) is 27.3. The molecule has 0 saturated carbocycles. The van der Waals surface area contributed by atoms with Crippen LogP contribution in [0.2, 0.25) is 0 Å². The lowest BCUT2D eigenvalue weighted by Crippen LogP contribution is -2.48. The molecule has 0 radical (unpaired) electrons. The van der Waals surface area contributed by atoms with E-state index in [1.165, 1.54) is 12.1 Å². The summed E-state index contributed by atoms with van der Waals surface area (Å²) in [6.45, 7) is 5.15. The molecule has 1 aromatic carbocycles. The number of likely N-dealkylation sites (tertiary alicyclic amines) is 1. The Balaban J connectivity index is 2.21. The van der Waals surface area contributed by atoms with Crippen molar-refractivity contribution in [1.29, 1.82) is 0 Å². The summed E-state index contributed by atoms with van der Waals surface area (Å²) in [4.78, 5) is 12.8. The van der Waals surface area contributed by atoms with Crippen molar-refractivity contribution in [2.75, 3.05) is 18.9 Å². The molecule has 5 nitrogen and oxygen atoms in total. The topological polar surface area (TPSA) is 58.4 Å². The van der Waals surface area contributed by atoms with Gasteiger partial charge in [-0.1, -0.05) is 6.92 Å². The lowest BCUT2D eigenvalue weighted by Gasteiger charge is -2.40. The van der Waals surface area contributed by atoms with Crippen molar-refractivity contribution < 1.29 is 9.31 Å². The minimum absolute atomic E-state index is 0.0785. The van der Waals surface area contributed by atoms with Gasteiger partial charge >= 0.3 is 0 Å². The number of hydrogen-bond acceptors (Lipinski definition) is 4. The molecule has 3 atom stereocenters. The molecule has 1 aromatic rings. The molecular formula is C14H20FN3O2. The second-order valence-corrected chi connectivity index (χ2v) is 5.67. The molecule has 6 heteroatoms. The summed E-state index contributed by atoms with van der Waals surface area (Å²) in [6.07, 6.45) is 0.880. The van der Waals surface area contributed by atoms with E-state index in [9.17, 15) is 14.5 Å². The van der Waals surface area contributed by atoms with Crippen LogP contribution in [0.25, 0.3) is 0 Å². The fourth-order valence-corrected chi connectivity index (χ4v) is 2.73. The van der Waals surface area contributed by atoms with Crippen LogP contribution in [-0.4, -0.2) is 35.5 Å². The number of anilines is 1. The summed E-state index contributed by atoms with van der Waals surface area (Å²) >= 11 is 0. The van der Waals surface area contributed by atoms with Gasteiger partial charge in [0.15, 0.2) is 0 Å². The second-order valence-electron chi connectivity index (χ2n) is 5.67. The van der Waals surface area contributed by atoms with Gasteiger partial charge in [0.2, 0.25) is 0 Å². The quantitative estimate of drug-likeness (QED) is 0.683. The first-order valence-corrected chi connectivity index (χ1v) is 6.79. The van der Waals surface area contributed by atoms with Crippen LogP contribution in [0.4, 0.5) is 15.8 Å². The first-order valence-electron chi connectivity index (χ1n) is 6.79. The number of hydrogen-bond donors (Lipinski definition) is 1. The summed E-state index contributed by atoms with van der Waals surface area (Å²) in [6, 6.07) is 4.04. The Morgan fingerprint density at radius 1 is 1.45 bits per heavy atom. The highest BCUT2D eigenvalue weighted by Gasteiger charge is 2.30. The molecule has 0 amide bonds. The van der Waals surface area contributed by atoms with Crippen LogP contribution in [0.1, 0.15) is 20.3 Å². The van der Waals surface area contributed by atoms with E-state index in [0.29, 0.717) is 12.0 Å². The van der Waals surface area contributed by atoms with Gasteiger partial charge in [-0.25, -0.2) is 4.39 Å². The van der Waals surface area contributed by atoms with Crippen molar-refractivity contribution in [3.63, 3.8) is 0 Å². The first kappa shape index (κ1) is 14.7. The van der Waals surface area contributed by atoms with Crippen LogP contribution in [0, 0.1) is 21.8 Å². The van der Waals surface area contributed by atoms with E-state index in [0.717, 1.165) is 19.0 Å². The van der Waals surface area contributed by atoms with Gasteiger partial charge in [-0.05, 0) is 32.4 Å². The molecule has 0 aromatic heterocycles. The number of nitrogens with one attached hydrogen (secondary N) is 1. The SMILES string of the molecule is CC1CN(C)C(C)CC1Nc1cc(F)ccc1[N+](=O)[O-]. The molecule has 0 bridgehead atoms. The lowest BCUT2D eigenvalue weighted by molar-refractivity contribution is -0.384. The number of nitrogens with zero attached hydrogens (tertiary/aromatic N) is 2. The Hall–Kier alpha value is -1.69. The van der Waals surface area contributed by atoms with Gasteiger partial charge < -0.3 is 10.2 Å². The molecule has 2 rings (SSSR count). The molecular weight excluding hydrogens is 261 g/mol. The maximum absolute atomic E-state index is 13.3. The number of piperidine rings is 1. The summed E-state index contributed by atoms with van der Waals surface area (Å²) in [5, 5.41) is 14.2. The highest BCUT2D eigenvalue weighted by Crippen LogP contribution is 2.30. The van der Waals surface area contributed by atoms with Crippen molar-refractivity contribution in [2.45, 2.75) is 32.4 Å². The smallest absolute Gasteiger partial charge is 0.292 e. The molecule has 20 heavy (non-hydrogen) atoms.